The minimum Gasteiger partial charge on any atom is -0.334 e. The van der Waals surface area contributed by atoms with E-state index in [0.717, 1.165) is 5.56 Å². The third kappa shape index (κ3) is 5.11. The van der Waals surface area contributed by atoms with Crippen LogP contribution in [0.1, 0.15) is 5.56 Å². The zero-order valence-corrected chi connectivity index (χ0v) is 11.0. The molecule has 0 fully saturated rings. The van der Waals surface area contributed by atoms with Crippen LogP contribution in [0, 0.1) is 6.92 Å². The highest BCUT2D eigenvalue weighted by molar-refractivity contribution is 6.31. The molecule has 17 heavy (non-hydrogen) atoms. The summed E-state index contributed by atoms with van der Waals surface area (Å²) in [5.74, 6) is 0.441. The summed E-state index contributed by atoms with van der Waals surface area (Å²) in [5.41, 5.74) is 1.64. The first-order valence-corrected chi connectivity index (χ1v) is 6.06. The number of halogens is 2. The molecule has 92 valence electrons. The van der Waals surface area contributed by atoms with Gasteiger partial charge in [0.05, 0.1) is 0 Å². The van der Waals surface area contributed by atoms with Crippen LogP contribution in [0.5, 0.6) is 0 Å². The van der Waals surface area contributed by atoms with Gasteiger partial charge in [0.25, 0.3) is 0 Å². The largest absolute Gasteiger partial charge is 0.334 e. The lowest BCUT2D eigenvalue weighted by molar-refractivity contribution is 0.253. The molecule has 1 aromatic carbocycles. The Morgan fingerprint density at radius 2 is 2.18 bits per heavy atom. The van der Waals surface area contributed by atoms with Crippen molar-refractivity contribution in [1.82, 2.24) is 5.32 Å². The fourth-order valence-electron chi connectivity index (χ4n) is 1.14. The highest BCUT2D eigenvalue weighted by Crippen LogP contribution is 2.19. The van der Waals surface area contributed by atoms with Crippen molar-refractivity contribution in [2.45, 2.75) is 6.92 Å². The lowest BCUT2D eigenvalue weighted by Gasteiger charge is -2.07. The molecule has 0 radical (unpaired) electrons. The van der Waals surface area contributed by atoms with Crippen LogP contribution in [0.4, 0.5) is 10.5 Å². The first kappa shape index (κ1) is 13.9. The average Bonchev–Trinajstić information content (AvgIpc) is 2.30. The second kappa shape index (κ2) is 7.20. The van der Waals surface area contributed by atoms with Gasteiger partial charge < -0.3 is 10.6 Å². The number of allylic oxidation sites excluding steroid dienone is 1. The summed E-state index contributed by atoms with van der Waals surface area (Å²) >= 11 is 11.4. The van der Waals surface area contributed by atoms with E-state index in [1.807, 2.05) is 13.0 Å². The second-order valence-corrected chi connectivity index (χ2v) is 4.14. The van der Waals surface area contributed by atoms with Gasteiger partial charge in [0, 0.05) is 23.1 Å². The number of rotatable bonds is 4. The van der Waals surface area contributed by atoms with Crippen LogP contribution in [0.25, 0.3) is 0 Å². The van der Waals surface area contributed by atoms with E-state index >= 15 is 0 Å². The number of nitrogens with one attached hydrogen (secondary N) is 2. The van der Waals surface area contributed by atoms with Crippen molar-refractivity contribution >= 4 is 34.9 Å². The normalized spacial score (nSPS) is 10.5. The Balaban J connectivity index is 2.45. The van der Waals surface area contributed by atoms with Crippen molar-refractivity contribution in [3.05, 3.63) is 40.9 Å². The third-order valence-corrected chi connectivity index (χ3v) is 2.65. The van der Waals surface area contributed by atoms with Gasteiger partial charge in [-0.05, 0) is 24.6 Å². The smallest absolute Gasteiger partial charge is 0.319 e. The van der Waals surface area contributed by atoms with E-state index in [2.05, 4.69) is 10.6 Å². The van der Waals surface area contributed by atoms with Crippen LogP contribution in [0.15, 0.2) is 30.4 Å². The molecule has 3 nitrogen and oxygen atoms in total. The Hall–Kier alpha value is -1.19. The van der Waals surface area contributed by atoms with Crippen molar-refractivity contribution in [1.29, 1.82) is 0 Å². The molecule has 0 aromatic heterocycles. The lowest BCUT2D eigenvalue weighted by atomic mass is 10.2. The number of carbonyl (C=O) groups is 1. The molecule has 0 spiro atoms. The van der Waals surface area contributed by atoms with Crippen molar-refractivity contribution < 1.29 is 4.79 Å². The topological polar surface area (TPSA) is 41.1 Å². The SMILES string of the molecule is Cc1ccc(NC(=O)NC/C=C/CCl)cc1Cl. The molecule has 5 heteroatoms. The maximum absolute atomic E-state index is 11.4. The molecule has 0 heterocycles. The highest BCUT2D eigenvalue weighted by Gasteiger charge is 2.01. The van der Waals surface area contributed by atoms with Crippen LogP contribution in [-0.4, -0.2) is 18.5 Å². The fraction of sp³-hybridized carbons (Fsp3) is 0.250. The monoisotopic (exact) mass is 272 g/mol. The molecule has 0 aliphatic heterocycles. The van der Waals surface area contributed by atoms with Gasteiger partial charge >= 0.3 is 6.03 Å². The zero-order valence-electron chi connectivity index (χ0n) is 9.47. The minimum atomic E-state index is -0.274. The Kier molecular flexibility index (Phi) is 5.87. The van der Waals surface area contributed by atoms with Gasteiger partial charge in [-0.15, -0.1) is 11.6 Å². The maximum atomic E-state index is 11.4. The van der Waals surface area contributed by atoms with E-state index in [0.29, 0.717) is 23.1 Å². The number of aryl methyl sites for hydroxylation is 1. The molecule has 2 N–H and O–H groups in total. The standard InChI is InChI=1S/C12H14Cl2N2O/c1-9-4-5-10(8-11(9)14)16-12(17)15-7-3-2-6-13/h2-5,8H,6-7H2,1H3,(H2,15,16,17)/b3-2+. The molecule has 0 bridgehead atoms. The number of urea groups is 1. The second-order valence-electron chi connectivity index (χ2n) is 3.42. The van der Waals surface area contributed by atoms with Crippen LogP contribution >= 0.6 is 23.2 Å². The molecule has 1 aromatic rings. The first-order chi connectivity index (χ1) is 8.13. The van der Waals surface area contributed by atoms with Crippen LogP contribution in [0.3, 0.4) is 0 Å². The Morgan fingerprint density at radius 1 is 1.41 bits per heavy atom. The van der Waals surface area contributed by atoms with Crippen molar-refractivity contribution in [2.24, 2.45) is 0 Å². The van der Waals surface area contributed by atoms with E-state index in [1.54, 1.807) is 24.3 Å². The molecule has 0 aliphatic rings. The summed E-state index contributed by atoms with van der Waals surface area (Å²) < 4.78 is 0. The van der Waals surface area contributed by atoms with Crippen LogP contribution < -0.4 is 10.6 Å². The van der Waals surface area contributed by atoms with Crippen LogP contribution in [-0.2, 0) is 0 Å². The lowest BCUT2D eigenvalue weighted by Crippen LogP contribution is -2.28. The predicted octanol–water partition coefficient (Wildman–Crippen LogP) is 3.56. The number of amides is 2. The molecule has 0 saturated heterocycles. The van der Waals surface area contributed by atoms with Gasteiger partial charge in [-0.1, -0.05) is 29.8 Å². The molecular formula is C12H14Cl2N2O. The average molecular weight is 273 g/mol. The number of hydrogen-bond acceptors (Lipinski definition) is 1. The predicted molar refractivity (Wildman–Crippen MR) is 73.1 cm³/mol. The maximum Gasteiger partial charge on any atom is 0.319 e. The van der Waals surface area contributed by atoms with Gasteiger partial charge in [-0.3, -0.25) is 0 Å². The van der Waals surface area contributed by atoms with Gasteiger partial charge in [-0.2, -0.15) is 0 Å². The molecular weight excluding hydrogens is 259 g/mol. The van der Waals surface area contributed by atoms with Crippen molar-refractivity contribution in [3.63, 3.8) is 0 Å². The van der Waals surface area contributed by atoms with Gasteiger partial charge in [0.15, 0.2) is 0 Å². The van der Waals surface area contributed by atoms with Gasteiger partial charge in [0.1, 0.15) is 0 Å². The molecule has 0 atom stereocenters. The van der Waals surface area contributed by atoms with Gasteiger partial charge in [0.2, 0.25) is 0 Å². The highest BCUT2D eigenvalue weighted by atomic mass is 35.5. The number of carbonyl (C=O) groups excluding carboxylic acids is 1. The Bertz CT molecular complexity index is 419. The van der Waals surface area contributed by atoms with E-state index in [1.165, 1.54) is 0 Å². The summed E-state index contributed by atoms with van der Waals surface area (Å²) in [5, 5.41) is 5.98. The number of benzene rings is 1. The molecule has 0 saturated carbocycles. The number of hydrogen-bond donors (Lipinski definition) is 2. The fourth-order valence-corrected chi connectivity index (χ4v) is 1.45. The third-order valence-electron chi connectivity index (χ3n) is 2.07. The van der Waals surface area contributed by atoms with E-state index in [4.69, 9.17) is 23.2 Å². The Labute approximate surface area is 111 Å². The molecule has 0 aliphatic carbocycles. The van der Waals surface area contributed by atoms with E-state index in [9.17, 15) is 4.79 Å². The van der Waals surface area contributed by atoms with Gasteiger partial charge in [-0.25, -0.2) is 4.79 Å². The summed E-state index contributed by atoms with van der Waals surface area (Å²) in [4.78, 5) is 11.4. The summed E-state index contributed by atoms with van der Waals surface area (Å²) in [6, 6.07) is 5.09. The quantitative estimate of drug-likeness (QED) is 0.639. The zero-order chi connectivity index (χ0) is 12.7. The van der Waals surface area contributed by atoms with Crippen LogP contribution in [0.2, 0.25) is 5.02 Å². The molecule has 0 unspecified atom stereocenters. The van der Waals surface area contributed by atoms with Crippen molar-refractivity contribution in [2.75, 3.05) is 17.7 Å². The summed E-state index contributed by atoms with van der Waals surface area (Å²) in [7, 11) is 0. The van der Waals surface area contributed by atoms with E-state index in [-0.39, 0.29) is 6.03 Å². The summed E-state index contributed by atoms with van der Waals surface area (Å²) in [6.45, 7) is 2.35. The number of anilines is 1. The van der Waals surface area contributed by atoms with E-state index < -0.39 is 0 Å². The summed E-state index contributed by atoms with van der Waals surface area (Å²) in [6.07, 6.45) is 3.55. The molecule has 1 rings (SSSR count). The number of alkyl halides is 1. The minimum absolute atomic E-state index is 0.274. The Morgan fingerprint density at radius 3 is 2.82 bits per heavy atom. The van der Waals surface area contributed by atoms with Crippen molar-refractivity contribution in [3.8, 4) is 0 Å². The first-order valence-electron chi connectivity index (χ1n) is 5.15. The molecule has 2 amide bonds.